The van der Waals surface area contributed by atoms with E-state index in [-0.39, 0.29) is 5.78 Å². The van der Waals surface area contributed by atoms with Crippen molar-refractivity contribution in [2.45, 2.75) is 13.8 Å². The highest BCUT2D eigenvalue weighted by molar-refractivity contribution is 7.99. The van der Waals surface area contributed by atoms with Crippen molar-refractivity contribution in [3.05, 3.63) is 21.9 Å². The lowest BCUT2D eigenvalue weighted by molar-refractivity contribution is 0.102. The van der Waals surface area contributed by atoms with Crippen LogP contribution in [0.4, 0.5) is 0 Å². The molecular formula is C9H12OS2. The Morgan fingerprint density at radius 1 is 1.67 bits per heavy atom. The van der Waals surface area contributed by atoms with E-state index >= 15 is 0 Å². The van der Waals surface area contributed by atoms with Gasteiger partial charge in [0.1, 0.15) is 0 Å². The molecule has 0 spiro atoms. The van der Waals surface area contributed by atoms with Gasteiger partial charge in [0, 0.05) is 15.8 Å². The minimum Gasteiger partial charge on any atom is -0.293 e. The minimum atomic E-state index is 0.256. The number of aryl methyl sites for hydroxylation is 1. The zero-order valence-corrected chi connectivity index (χ0v) is 8.93. The summed E-state index contributed by atoms with van der Waals surface area (Å²) in [6.45, 7) is 4.09. The molecule has 0 amide bonds. The van der Waals surface area contributed by atoms with Gasteiger partial charge in [-0.05, 0) is 18.7 Å². The number of ketones is 1. The maximum absolute atomic E-state index is 11.4. The van der Waals surface area contributed by atoms with Crippen molar-refractivity contribution >= 4 is 28.9 Å². The predicted molar refractivity (Wildman–Crippen MR) is 56.4 cm³/mol. The molecule has 12 heavy (non-hydrogen) atoms. The van der Waals surface area contributed by atoms with Gasteiger partial charge < -0.3 is 0 Å². The Bertz CT molecular complexity index is 265. The molecule has 0 radical (unpaired) electrons. The number of hydrogen-bond donors (Lipinski definition) is 0. The summed E-state index contributed by atoms with van der Waals surface area (Å²) in [7, 11) is 0. The molecule has 0 aliphatic carbocycles. The fraction of sp³-hybridized carbons (Fsp3) is 0.444. The molecule has 1 nitrogen and oxygen atoms in total. The van der Waals surface area contributed by atoms with Crippen LogP contribution < -0.4 is 0 Å². The van der Waals surface area contributed by atoms with Crippen LogP contribution in [0.5, 0.6) is 0 Å². The van der Waals surface area contributed by atoms with Crippen molar-refractivity contribution in [1.29, 1.82) is 0 Å². The molecule has 66 valence electrons. The zero-order chi connectivity index (χ0) is 8.97. The van der Waals surface area contributed by atoms with E-state index in [1.165, 1.54) is 4.88 Å². The summed E-state index contributed by atoms with van der Waals surface area (Å²) in [4.78, 5) is 12.6. The largest absolute Gasteiger partial charge is 0.293 e. The normalized spacial score (nSPS) is 10.2. The Morgan fingerprint density at radius 2 is 2.42 bits per heavy atom. The monoisotopic (exact) mass is 200 g/mol. The van der Waals surface area contributed by atoms with E-state index in [9.17, 15) is 4.79 Å². The molecular weight excluding hydrogens is 188 g/mol. The Hall–Kier alpha value is -0.280. The third-order valence-corrected chi connectivity index (χ3v) is 3.23. The predicted octanol–water partition coefficient (Wildman–Crippen LogP) is 2.99. The van der Waals surface area contributed by atoms with Gasteiger partial charge in [0.15, 0.2) is 5.78 Å². The molecule has 0 atom stereocenters. The fourth-order valence-electron chi connectivity index (χ4n) is 0.868. The van der Waals surface area contributed by atoms with Crippen LogP contribution in [-0.4, -0.2) is 17.3 Å². The second-order valence-electron chi connectivity index (χ2n) is 2.51. The molecule has 0 N–H and O–H groups in total. The first kappa shape index (κ1) is 9.81. The molecule has 1 heterocycles. The quantitative estimate of drug-likeness (QED) is 0.695. The standard InChI is InChI=1S/C9H12OS2/c1-3-11-6-9(10)8-4-7(2)12-5-8/h4-5H,3,6H2,1-2H3. The molecule has 0 unspecified atom stereocenters. The van der Waals surface area contributed by atoms with Crippen molar-refractivity contribution in [2.75, 3.05) is 11.5 Å². The highest BCUT2D eigenvalue weighted by atomic mass is 32.2. The topological polar surface area (TPSA) is 17.1 Å². The average molecular weight is 200 g/mol. The van der Waals surface area contributed by atoms with Gasteiger partial charge in [-0.25, -0.2) is 0 Å². The summed E-state index contributed by atoms with van der Waals surface area (Å²) < 4.78 is 0. The summed E-state index contributed by atoms with van der Waals surface area (Å²) in [6, 6.07) is 1.96. The third-order valence-electron chi connectivity index (χ3n) is 1.49. The molecule has 0 aromatic carbocycles. The van der Waals surface area contributed by atoms with E-state index in [1.54, 1.807) is 23.1 Å². The SMILES string of the molecule is CCSCC(=O)c1csc(C)c1. The van der Waals surface area contributed by atoms with Crippen LogP contribution in [0.3, 0.4) is 0 Å². The van der Waals surface area contributed by atoms with Crippen molar-refractivity contribution in [2.24, 2.45) is 0 Å². The number of carbonyl (C=O) groups excluding carboxylic acids is 1. The number of rotatable bonds is 4. The van der Waals surface area contributed by atoms with E-state index in [0.717, 1.165) is 11.3 Å². The molecule has 1 aromatic rings. The Labute approximate surface area is 81.2 Å². The van der Waals surface area contributed by atoms with E-state index in [0.29, 0.717) is 5.75 Å². The van der Waals surface area contributed by atoms with Gasteiger partial charge in [0.05, 0.1) is 5.75 Å². The lowest BCUT2D eigenvalue weighted by Gasteiger charge is -1.94. The number of carbonyl (C=O) groups is 1. The number of thioether (sulfide) groups is 1. The molecule has 0 aliphatic heterocycles. The molecule has 0 saturated heterocycles. The van der Waals surface area contributed by atoms with Crippen LogP contribution in [0.2, 0.25) is 0 Å². The van der Waals surface area contributed by atoms with Gasteiger partial charge >= 0.3 is 0 Å². The average Bonchev–Trinajstić information content (AvgIpc) is 2.47. The van der Waals surface area contributed by atoms with E-state index in [2.05, 4.69) is 6.92 Å². The fourth-order valence-corrected chi connectivity index (χ4v) is 2.13. The Balaban J connectivity index is 2.53. The first-order valence-electron chi connectivity index (χ1n) is 3.90. The van der Waals surface area contributed by atoms with Gasteiger partial charge in [-0.2, -0.15) is 11.8 Å². The Morgan fingerprint density at radius 3 is 2.92 bits per heavy atom. The second-order valence-corrected chi connectivity index (χ2v) is 4.90. The van der Waals surface area contributed by atoms with E-state index < -0.39 is 0 Å². The third kappa shape index (κ3) is 2.64. The van der Waals surface area contributed by atoms with Gasteiger partial charge in [-0.1, -0.05) is 6.92 Å². The maximum Gasteiger partial charge on any atom is 0.173 e. The lowest BCUT2D eigenvalue weighted by atomic mass is 10.2. The smallest absolute Gasteiger partial charge is 0.173 e. The van der Waals surface area contributed by atoms with Gasteiger partial charge in [-0.15, -0.1) is 11.3 Å². The van der Waals surface area contributed by atoms with Gasteiger partial charge in [0.2, 0.25) is 0 Å². The van der Waals surface area contributed by atoms with E-state index in [1.807, 2.05) is 18.4 Å². The summed E-state index contributed by atoms with van der Waals surface area (Å²) in [5.74, 6) is 1.88. The van der Waals surface area contributed by atoms with Crippen molar-refractivity contribution in [3.8, 4) is 0 Å². The van der Waals surface area contributed by atoms with E-state index in [4.69, 9.17) is 0 Å². The molecule has 0 saturated carbocycles. The molecule has 0 aliphatic rings. The maximum atomic E-state index is 11.4. The highest BCUT2D eigenvalue weighted by Gasteiger charge is 2.06. The van der Waals surface area contributed by atoms with Crippen LogP contribution >= 0.6 is 23.1 Å². The molecule has 0 bridgehead atoms. The number of thiophene rings is 1. The summed E-state index contributed by atoms with van der Waals surface area (Å²) >= 11 is 3.31. The molecule has 0 fully saturated rings. The highest BCUT2D eigenvalue weighted by Crippen LogP contribution is 2.15. The lowest BCUT2D eigenvalue weighted by Crippen LogP contribution is -2.00. The zero-order valence-electron chi connectivity index (χ0n) is 7.29. The summed E-state index contributed by atoms with van der Waals surface area (Å²) in [6.07, 6.45) is 0. The number of hydrogen-bond acceptors (Lipinski definition) is 3. The van der Waals surface area contributed by atoms with Crippen LogP contribution in [-0.2, 0) is 0 Å². The van der Waals surface area contributed by atoms with Crippen molar-refractivity contribution in [3.63, 3.8) is 0 Å². The minimum absolute atomic E-state index is 0.256. The summed E-state index contributed by atoms with van der Waals surface area (Å²) in [5.41, 5.74) is 0.874. The van der Waals surface area contributed by atoms with Crippen LogP contribution in [0, 0.1) is 6.92 Å². The first-order chi connectivity index (χ1) is 5.74. The second kappa shape index (κ2) is 4.67. The van der Waals surface area contributed by atoms with Crippen LogP contribution in [0.25, 0.3) is 0 Å². The summed E-state index contributed by atoms with van der Waals surface area (Å²) in [5, 5.41) is 1.94. The van der Waals surface area contributed by atoms with Crippen molar-refractivity contribution < 1.29 is 4.79 Å². The first-order valence-corrected chi connectivity index (χ1v) is 5.93. The Kier molecular flexibility index (Phi) is 3.82. The van der Waals surface area contributed by atoms with Crippen LogP contribution in [0.15, 0.2) is 11.4 Å². The van der Waals surface area contributed by atoms with Crippen molar-refractivity contribution in [1.82, 2.24) is 0 Å². The molecule has 1 rings (SSSR count). The van der Waals surface area contributed by atoms with Crippen LogP contribution in [0.1, 0.15) is 22.2 Å². The molecule has 1 aromatic heterocycles. The number of Topliss-reactive ketones (excluding diaryl/α,β-unsaturated/α-hetero) is 1. The van der Waals surface area contributed by atoms with Gasteiger partial charge in [-0.3, -0.25) is 4.79 Å². The van der Waals surface area contributed by atoms with Gasteiger partial charge in [0.25, 0.3) is 0 Å². The molecule has 3 heteroatoms.